The van der Waals surface area contributed by atoms with E-state index in [-0.39, 0.29) is 6.04 Å². The van der Waals surface area contributed by atoms with Gasteiger partial charge in [-0.25, -0.2) is 4.98 Å². The first-order chi connectivity index (χ1) is 9.19. The molecular formula is C15H20N2OS. The minimum absolute atomic E-state index is 0.272. The summed E-state index contributed by atoms with van der Waals surface area (Å²) in [6.45, 7) is 4.18. The van der Waals surface area contributed by atoms with E-state index >= 15 is 0 Å². The Morgan fingerprint density at radius 1 is 1.32 bits per heavy atom. The summed E-state index contributed by atoms with van der Waals surface area (Å²) in [7, 11) is 0. The molecule has 1 atom stereocenters. The molecule has 2 rings (SSSR count). The second-order valence-corrected chi connectivity index (χ2v) is 5.72. The molecule has 0 fully saturated rings. The van der Waals surface area contributed by atoms with E-state index in [1.165, 1.54) is 5.56 Å². The van der Waals surface area contributed by atoms with Crippen molar-refractivity contribution in [2.24, 2.45) is 5.73 Å². The number of aryl methyl sites for hydroxylation is 1. The lowest BCUT2D eigenvalue weighted by molar-refractivity contribution is 0.573. The van der Waals surface area contributed by atoms with Crippen LogP contribution in [-0.4, -0.2) is 16.8 Å². The van der Waals surface area contributed by atoms with E-state index < -0.39 is 0 Å². The fourth-order valence-corrected chi connectivity index (χ4v) is 2.63. The molecule has 0 amide bonds. The van der Waals surface area contributed by atoms with Crippen LogP contribution in [-0.2, 0) is 5.75 Å². The van der Waals surface area contributed by atoms with E-state index in [4.69, 9.17) is 10.2 Å². The molecular weight excluding hydrogens is 256 g/mol. The minimum atomic E-state index is 0.272. The van der Waals surface area contributed by atoms with Crippen LogP contribution in [0.15, 0.2) is 34.9 Å². The van der Waals surface area contributed by atoms with Crippen molar-refractivity contribution in [1.82, 2.24) is 4.98 Å². The number of nitrogens with zero attached hydrogens (tertiary/aromatic N) is 1. The van der Waals surface area contributed by atoms with Crippen LogP contribution in [0.2, 0.25) is 0 Å². The molecule has 2 aromatic rings. The van der Waals surface area contributed by atoms with Gasteiger partial charge in [-0.15, -0.1) is 0 Å². The van der Waals surface area contributed by atoms with Gasteiger partial charge in [0.2, 0.25) is 5.89 Å². The lowest BCUT2D eigenvalue weighted by Gasteiger charge is -2.05. The molecule has 0 aliphatic rings. The summed E-state index contributed by atoms with van der Waals surface area (Å²) in [4.78, 5) is 4.50. The molecule has 1 heterocycles. The van der Waals surface area contributed by atoms with Crippen LogP contribution in [0.25, 0.3) is 11.5 Å². The van der Waals surface area contributed by atoms with Gasteiger partial charge in [0, 0.05) is 23.1 Å². The van der Waals surface area contributed by atoms with Crippen molar-refractivity contribution in [3.63, 3.8) is 0 Å². The Morgan fingerprint density at radius 3 is 2.74 bits per heavy atom. The van der Waals surface area contributed by atoms with Crippen LogP contribution in [0.3, 0.4) is 0 Å². The van der Waals surface area contributed by atoms with Gasteiger partial charge >= 0.3 is 0 Å². The number of hydrogen-bond acceptors (Lipinski definition) is 4. The minimum Gasteiger partial charge on any atom is -0.444 e. The van der Waals surface area contributed by atoms with E-state index in [0.717, 1.165) is 29.2 Å². The molecule has 1 unspecified atom stereocenters. The Morgan fingerprint density at radius 2 is 2.05 bits per heavy atom. The number of oxazole rings is 1. The van der Waals surface area contributed by atoms with Crippen LogP contribution in [0, 0.1) is 6.92 Å². The zero-order valence-corrected chi connectivity index (χ0v) is 12.2. The molecule has 0 saturated heterocycles. The third kappa shape index (κ3) is 4.11. The summed E-state index contributed by atoms with van der Waals surface area (Å²) in [6.07, 6.45) is 2.75. The average Bonchev–Trinajstić information content (AvgIpc) is 2.88. The molecule has 102 valence electrons. The van der Waals surface area contributed by atoms with Gasteiger partial charge in [-0.2, -0.15) is 11.8 Å². The fraction of sp³-hybridized carbons (Fsp3) is 0.400. The number of thioether (sulfide) groups is 1. The van der Waals surface area contributed by atoms with Crippen molar-refractivity contribution in [2.75, 3.05) is 5.75 Å². The highest BCUT2D eigenvalue weighted by Crippen LogP contribution is 2.21. The summed E-state index contributed by atoms with van der Waals surface area (Å²) in [6, 6.07) is 8.46. The highest BCUT2D eigenvalue weighted by atomic mass is 32.2. The maximum Gasteiger partial charge on any atom is 0.226 e. The van der Waals surface area contributed by atoms with Crippen LogP contribution in [0.1, 0.15) is 24.6 Å². The molecule has 0 radical (unpaired) electrons. The number of benzene rings is 1. The maximum absolute atomic E-state index is 5.88. The summed E-state index contributed by atoms with van der Waals surface area (Å²) in [5.41, 5.74) is 9.11. The van der Waals surface area contributed by atoms with E-state index in [1.54, 1.807) is 18.0 Å². The van der Waals surface area contributed by atoms with E-state index in [1.807, 2.05) is 12.1 Å². The van der Waals surface area contributed by atoms with Gasteiger partial charge in [-0.1, -0.05) is 24.6 Å². The smallest absolute Gasteiger partial charge is 0.226 e. The van der Waals surface area contributed by atoms with E-state index in [9.17, 15) is 0 Å². The van der Waals surface area contributed by atoms with Gasteiger partial charge in [-0.3, -0.25) is 0 Å². The molecule has 1 aromatic heterocycles. The summed E-state index contributed by atoms with van der Waals surface area (Å²) in [5.74, 6) is 2.50. The fourth-order valence-electron chi connectivity index (χ4n) is 1.63. The summed E-state index contributed by atoms with van der Waals surface area (Å²) < 4.78 is 5.52. The Kier molecular flexibility index (Phi) is 5.05. The van der Waals surface area contributed by atoms with Crippen LogP contribution in [0.5, 0.6) is 0 Å². The lowest BCUT2D eigenvalue weighted by Crippen LogP contribution is -2.21. The van der Waals surface area contributed by atoms with Crippen LogP contribution < -0.4 is 5.73 Å². The number of nitrogens with two attached hydrogens (primary N) is 1. The number of hydrogen-bond donors (Lipinski definition) is 1. The molecule has 0 spiro atoms. The Balaban J connectivity index is 1.93. The Labute approximate surface area is 118 Å². The first-order valence-corrected chi connectivity index (χ1v) is 7.69. The number of aromatic nitrogens is 1. The van der Waals surface area contributed by atoms with Crippen molar-refractivity contribution >= 4 is 11.8 Å². The topological polar surface area (TPSA) is 52.0 Å². The van der Waals surface area contributed by atoms with Gasteiger partial charge in [0.15, 0.2) is 0 Å². The predicted molar refractivity (Wildman–Crippen MR) is 81.1 cm³/mol. The molecule has 3 nitrogen and oxygen atoms in total. The normalized spacial score (nSPS) is 12.6. The highest BCUT2D eigenvalue weighted by molar-refractivity contribution is 7.98. The van der Waals surface area contributed by atoms with Crippen molar-refractivity contribution in [3.05, 3.63) is 41.8 Å². The predicted octanol–water partition coefficient (Wildman–Crippen LogP) is 3.62. The summed E-state index contributed by atoms with van der Waals surface area (Å²) >= 11 is 1.80. The molecule has 4 heteroatoms. The van der Waals surface area contributed by atoms with Gasteiger partial charge in [0.25, 0.3) is 0 Å². The summed E-state index contributed by atoms with van der Waals surface area (Å²) in [5, 5.41) is 0. The SMILES string of the molecule is CCC(N)CSCc1coc(-c2ccc(C)cc2)n1. The molecule has 1 aromatic carbocycles. The monoisotopic (exact) mass is 276 g/mol. The average molecular weight is 276 g/mol. The molecule has 0 bridgehead atoms. The van der Waals surface area contributed by atoms with Crippen molar-refractivity contribution in [2.45, 2.75) is 32.1 Å². The van der Waals surface area contributed by atoms with Gasteiger partial charge in [-0.05, 0) is 25.5 Å². The zero-order chi connectivity index (χ0) is 13.7. The van der Waals surface area contributed by atoms with Gasteiger partial charge < -0.3 is 10.2 Å². The zero-order valence-electron chi connectivity index (χ0n) is 11.4. The third-order valence-electron chi connectivity index (χ3n) is 2.96. The standard InChI is InChI=1S/C15H20N2OS/c1-3-13(16)9-19-10-14-8-18-15(17-14)12-6-4-11(2)5-7-12/h4-8,13H,3,9-10,16H2,1-2H3. The van der Waals surface area contributed by atoms with Crippen molar-refractivity contribution in [3.8, 4) is 11.5 Å². The van der Waals surface area contributed by atoms with E-state index in [2.05, 4.69) is 31.0 Å². The first kappa shape index (κ1) is 14.2. The van der Waals surface area contributed by atoms with Gasteiger partial charge in [0.1, 0.15) is 6.26 Å². The maximum atomic E-state index is 5.88. The Bertz CT molecular complexity index is 507. The molecule has 0 aliphatic carbocycles. The molecule has 2 N–H and O–H groups in total. The van der Waals surface area contributed by atoms with Crippen LogP contribution >= 0.6 is 11.8 Å². The van der Waals surface area contributed by atoms with E-state index in [0.29, 0.717) is 5.89 Å². The largest absolute Gasteiger partial charge is 0.444 e. The van der Waals surface area contributed by atoms with Crippen molar-refractivity contribution in [1.29, 1.82) is 0 Å². The van der Waals surface area contributed by atoms with Crippen LogP contribution in [0.4, 0.5) is 0 Å². The molecule has 19 heavy (non-hydrogen) atoms. The molecule has 0 saturated carbocycles. The lowest BCUT2D eigenvalue weighted by atomic mass is 10.1. The highest BCUT2D eigenvalue weighted by Gasteiger charge is 2.07. The second kappa shape index (κ2) is 6.78. The van der Waals surface area contributed by atoms with Gasteiger partial charge in [0.05, 0.1) is 5.69 Å². The number of rotatable bonds is 6. The first-order valence-electron chi connectivity index (χ1n) is 6.53. The second-order valence-electron chi connectivity index (χ2n) is 4.69. The Hall–Kier alpha value is -1.26. The molecule has 0 aliphatic heterocycles. The van der Waals surface area contributed by atoms with Crippen molar-refractivity contribution < 1.29 is 4.42 Å². The quantitative estimate of drug-likeness (QED) is 0.875. The third-order valence-corrected chi connectivity index (χ3v) is 4.12.